The lowest BCUT2D eigenvalue weighted by atomic mass is 10.2. The van der Waals surface area contributed by atoms with Crippen molar-refractivity contribution in [3.63, 3.8) is 0 Å². The minimum atomic E-state index is -0.410. The van der Waals surface area contributed by atoms with Gasteiger partial charge in [0, 0.05) is 22.0 Å². The van der Waals surface area contributed by atoms with E-state index in [9.17, 15) is 4.79 Å². The average Bonchev–Trinajstić information content (AvgIpc) is 2.25. The lowest BCUT2D eigenvalue weighted by molar-refractivity contribution is -0.144. The first-order chi connectivity index (χ1) is 7.63. The molecule has 16 heavy (non-hydrogen) atoms. The Balaban J connectivity index is 2.49. The first-order valence-electron chi connectivity index (χ1n) is 4.60. The average molecular weight is 258 g/mol. The Labute approximate surface area is 104 Å². The van der Waals surface area contributed by atoms with Gasteiger partial charge in [-0.25, -0.2) is 0 Å². The number of benzene rings is 1. The molecule has 84 valence electrons. The van der Waals surface area contributed by atoms with Crippen LogP contribution in [0.4, 0.5) is 0 Å². The molecule has 0 aliphatic carbocycles. The van der Waals surface area contributed by atoms with E-state index in [1.165, 1.54) is 0 Å². The van der Waals surface area contributed by atoms with Gasteiger partial charge in [0.1, 0.15) is 6.61 Å². The van der Waals surface area contributed by atoms with E-state index in [4.69, 9.17) is 33.2 Å². The van der Waals surface area contributed by atoms with Crippen LogP contribution in [0.2, 0.25) is 10.0 Å². The van der Waals surface area contributed by atoms with Crippen molar-refractivity contribution in [2.45, 2.75) is 19.4 Å². The van der Waals surface area contributed by atoms with Crippen LogP contribution in [0, 0.1) is 11.3 Å². The summed E-state index contributed by atoms with van der Waals surface area (Å²) in [6, 6.07) is 6.83. The van der Waals surface area contributed by atoms with Crippen molar-refractivity contribution in [3.05, 3.63) is 33.8 Å². The Bertz CT molecular complexity index is 426. The second-order valence-electron chi connectivity index (χ2n) is 3.05. The molecular formula is C11H9Cl2NO2. The molecule has 1 aromatic rings. The van der Waals surface area contributed by atoms with Gasteiger partial charge >= 0.3 is 5.97 Å². The number of hydrogen-bond acceptors (Lipinski definition) is 3. The van der Waals surface area contributed by atoms with Crippen LogP contribution < -0.4 is 0 Å². The quantitative estimate of drug-likeness (QED) is 0.778. The van der Waals surface area contributed by atoms with E-state index in [0.717, 1.165) is 0 Å². The van der Waals surface area contributed by atoms with Crippen molar-refractivity contribution < 1.29 is 9.53 Å². The third kappa shape index (κ3) is 4.09. The highest BCUT2D eigenvalue weighted by Crippen LogP contribution is 2.21. The van der Waals surface area contributed by atoms with Crippen molar-refractivity contribution >= 4 is 29.2 Å². The van der Waals surface area contributed by atoms with E-state index >= 15 is 0 Å². The molecule has 0 fully saturated rings. The maximum absolute atomic E-state index is 11.1. The molecule has 0 saturated heterocycles. The third-order valence-corrected chi connectivity index (χ3v) is 2.43. The zero-order valence-electron chi connectivity index (χ0n) is 8.37. The summed E-state index contributed by atoms with van der Waals surface area (Å²) in [5.41, 5.74) is 0.691. The van der Waals surface area contributed by atoms with E-state index in [1.54, 1.807) is 18.2 Å². The van der Waals surface area contributed by atoms with Crippen LogP contribution in [0.15, 0.2) is 18.2 Å². The van der Waals surface area contributed by atoms with Crippen molar-refractivity contribution in [2.24, 2.45) is 0 Å². The van der Waals surface area contributed by atoms with Gasteiger partial charge < -0.3 is 4.74 Å². The van der Waals surface area contributed by atoms with Gasteiger partial charge in [0.15, 0.2) is 0 Å². The number of carbonyl (C=O) groups excluding carboxylic acids is 1. The van der Waals surface area contributed by atoms with Crippen molar-refractivity contribution in [2.75, 3.05) is 0 Å². The fraction of sp³-hybridized carbons (Fsp3) is 0.273. The summed E-state index contributed by atoms with van der Waals surface area (Å²) in [6.45, 7) is 0.0975. The first kappa shape index (κ1) is 12.8. The smallest absolute Gasteiger partial charge is 0.307 e. The molecule has 0 aliphatic rings. The van der Waals surface area contributed by atoms with Crippen molar-refractivity contribution in [3.8, 4) is 6.07 Å². The minimum absolute atomic E-state index is 0.0975. The summed E-state index contributed by atoms with van der Waals surface area (Å²) < 4.78 is 4.93. The van der Waals surface area contributed by atoms with Gasteiger partial charge in [0.05, 0.1) is 12.5 Å². The van der Waals surface area contributed by atoms with Gasteiger partial charge in [-0.3, -0.25) is 4.79 Å². The van der Waals surface area contributed by atoms with Crippen LogP contribution in [0.3, 0.4) is 0 Å². The van der Waals surface area contributed by atoms with Crippen LogP contribution in [0.25, 0.3) is 0 Å². The summed E-state index contributed by atoms with van der Waals surface area (Å²) in [5, 5.41) is 9.27. The van der Waals surface area contributed by atoms with Gasteiger partial charge in [0.2, 0.25) is 0 Å². The number of nitrogens with zero attached hydrogens (tertiary/aromatic N) is 1. The molecule has 0 aromatic heterocycles. The zero-order chi connectivity index (χ0) is 12.0. The Morgan fingerprint density at radius 2 is 2.19 bits per heavy atom. The topological polar surface area (TPSA) is 50.1 Å². The Kier molecular flexibility index (Phi) is 5.10. The fourth-order valence-electron chi connectivity index (χ4n) is 1.03. The second kappa shape index (κ2) is 6.37. The number of hydrogen-bond donors (Lipinski definition) is 0. The monoisotopic (exact) mass is 257 g/mol. The Morgan fingerprint density at radius 3 is 2.81 bits per heavy atom. The summed E-state index contributed by atoms with van der Waals surface area (Å²) in [4.78, 5) is 11.1. The maximum Gasteiger partial charge on any atom is 0.307 e. The molecule has 0 atom stereocenters. The zero-order valence-corrected chi connectivity index (χ0v) is 9.88. The van der Waals surface area contributed by atoms with Gasteiger partial charge in [-0.2, -0.15) is 5.26 Å². The maximum atomic E-state index is 11.1. The number of esters is 1. The molecule has 0 bridgehead atoms. The lowest BCUT2D eigenvalue weighted by Gasteiger charge is -2.05. The van der Waals surface area contributed by atoms with E-state index in [0.29, 0.717) is 15.6 Å². The number of rotatable bonds is 4. The van der Waals surface area contributed by atoms with Crippen LogP contribution >= 0.6 is 23.2 Å². The Morgan fingerprint density at radius 1 is 1.44 bits per heavy atom. The second-order valence-corrected chi connectivity index (χ2v) is 3.90. The van der Waals surface area contributed by atoms with Crippen molar-refractivity contribution in [1.82, 2.24) is 0 Å². The predicted octanol–water partition coefficient (Wildman–Crippen LogP) is 3.34. The highest BCUT2D eigenvalue weighted by atomic mass is 35.5. The molecule has 0 unspecified atom stereocenters. The molecule has 1 rings (SSSR count). The Hall–Kier alpha value is -1.24. The molecule has 1 aromatic carbocycles. The summed E-state index contributed by atoms with van der Waals surface area (Å²) in [5.74, 6) is -0.410. The largest absolute Gasteiger partial charge is 0.461 e. The van der Waals surface area contributed by atoms with Gasteiger partial charge in [-0.15, -0.1) is 0 Å². The molecular weight excluding hydrogens is 249 g/mol. The highest BCUT2D eigenvalue weighted by Gasteiger charge is 2.05. The normalized spacial score (nSPS) is 9.56. The predicted molar refractivity (Wildman–Crippen MR) is 61.1 cm³/mol. The van der Waals surface area contributed by atoms with Gasteiger partial charge in [0.25, 0.3) is 0 Å². The van der Waals surface area contributed by atoms with Gasteiger partial charge in [-0.05, 0) is 12.1 Å². The van der Waals surface area contributed by atoms with Crippen molar-refractivity contribution in [1.29, 1.82) is 5.26 Å². The van der Waals surface area contributed by atoms with Crippen LogP contribution in [-0.2, 0) is 16.1 Å². The molecule has 0 radical (unpaired) electrons. The summed E-state index contributed by atoms with van der Waals surface area (Å²) in [7, 11) is 0. The lowest BCUT2D eigenvalue weighted by Crippen LogP contribution is -2.04. The molecule has 0 amide bonds. The van der Waals surface area contributed by atoms with E-state index in [1.807, 2.05) is 6.07 Å². The number of halogens is 2. The highest BCUT2D eigenvalue weighted by molar-refractivity contribution is 6.35. The number of ether oxygens (including phenoxy) is 1. The standard InChI is InChI=1S/C11H9Cl2NO2/c12-9-4-3-8(10(13)6-9)7-16-11(15)2-1-5-14/h3-4,6H,1-2,7H2. The number of carbonyl (C=O) groups is 1. The molecule has 0 spiro atoms. The van der Waals surface area contributed by atoms with E-state index < -0.39 is 5.97 Å². The SMILES string of the molecule is N#CCCC(=O)OCc1ccc(Cl)cc1Cl. The molecule has 0 aliphatic heterocycles. The summed E-state index contributed by atoms with van der Waals surface area (Å²) >= 11 is 11.6. The fourth-order valence-corrected chi connectivity index (χ4v) is 1.49. The van der Waals surface area contributed by atoms with Crippen LogP contribution in [-0.4, -0.2) is 5.97 Å². The minimum Gasteiger partial charge on any atom is -0.461 e. The molecule has 0 heterocycles. The summed E-state index contributed by atoms with van der Waals surface area (Å²) in [6.07, 6.45) is 0.259. The number of nitriles is 1. The van der Waals surface area contributed by atoms with E-state index in [-0.39, 0.29) is 19.4 Å². The van der Waals surface area contributed by atoms with Gasteiger partial charge in [-0.1, -0.05) is 29.3 Å². The molecule has 0 saturated carbocycles. The molecule has 5 heteroatoms. The van der Waals surface area contributed by atoms with E-state index in [2.05, 4.69) is 0 Å². The first-order valence-corrected chi connectivity index (χ1v) is 5.35. The van der Waals surface area contributed by atoms with Crippen LogP contribution in [0.5, 0.6) is 0 Å². The molecule has 3 nitrogen and oxygen atoms in total. The van der Waals surface area contributed by atoms with Crippen LogP contribution in [0.1, 0.15) is 18.4 Å². The molecule has 0 N–H and O–H groups in total. The third-order valence-electron chi connectivity index (χ3n) is 1.84.